The number of piperazine rings is 1. The van der Waals surface area contributed by atoms with E-state index in [4.69, 9.17) is 26.3 Å². The summed E-state index contributed by atoms with van der Waals surface area (Å²) >= 11 is 6.07. The second-order valence-corrected chi connectivity index (χ2v) is 8.80. The molecule has 2 saturated heterocycles. The lowest BCUT2D eigenvalue weighted by atomic mass is 10.1. The number of rotatable bonds is 4. The molecule has 0 atom stereocenters. The van der Waals surface area contributed by atoms with Crippen LogP contribution in [-0.2, 0) is 10.9 Å². The Kier molecular flexibility index (Phi) is 6.66. The highest BCUT2D eigenvalue weighted by atomic mass is 35.5. The number of nitrogens with zero attached hydrogens (tertiary/aromatic N) is 6. The van der Waals surface area contributed by atoms with Gasteiger partial charge in [-0.05, 0) is 24.3 Å². The first-order valence-corrected chi connectivity index (χ1v) is 11.8. The van der Waals surface area contributed by atoms with Crippen molar-refractivity contribution < 1.29 is 17.9 Å². The van der Waals surface area contributed by atoms with Crippen molar-refractivity contribution in [1.82, 2.24) is 15.0 Å². The molecule has 7 nitrogen and oxygen atoms in total. The van der Waals surface area contributed by atoms with E-state index in [0.717, 1.165) is 23.1 Å². The molecule has 184 valence electrons. The van der Waals surface area contributed by atoms with Crippen molar-refractivity contribution in [3.63, 3.8) is 0 Å². The average Bonchev–Trinajstić information content (AvgIpc) is 2.89. The molecule has 5 rings (SSSR count). The number of aromatic nitrogens is 3. The van der Waals surface area contributed by atoms with Gasteiger partial charge in [-0.25, -0.2) is 9.97 Å². The summed E-state index contributed by atoms with van der Waals surface area (Å²) < 4.78 is 45.9. The van der Waals surface area contributed by atoms with Crippen LogP contribution in [0, 0.1) is 0 Å². The molecule has 0 amide bonds. The quantitative estimate of drug-likeness (QED) is 0.523. The molecule has 11 heteroatoms. The Morgan fingerprint density at radius 3 is 2.20 bits per heavy atom. The Bertz CT molecular complexity index is 1160. The molecule has 0 N–H and O–H groups in total. The Morgan fingerprint density at radius 2 is 1.51 bits per heavy atom. The Balaban J connectivity index is 1.41. The minimum atomic E-state index is -4.45. The Morgan fingerprint density at radius 1 is 0.829 bits per heavy atom. The number of anilines is 3. The number of alkyl halides is 3. The minimum absolute atomic E-state index is 0.0294. The Hall–Kier alpha value is -3.11. The fourth-order valence-electron chi connectivity index (χ4n) is 4.27. The number of morpholine rings is 1. The monoisotopic (exact) mass is 504 g/mol. The molecule has 4 heterocycles. The van der Waals surface area contributed by atoms with Gasteiger partial charge in [0.2, 0.25) is 5.95 Å². The maximum Gasteiger partial charge on any atom is 0.419 e. The summed E-state index contributed by atoms with van der Waals surface area (Å²) in [4.78, 5) is 19.5. The van der Waals surface area contributed by atoms with E-state index in [1.165, 1.54) is 12.3 Å². The van der Waals surface area contributed by atoms with E-state index in [1.54, 1.807) is 4.90 Å². The van der Waals surface area contributed by atoms with Gasteiger partial charge in [-0.3, -0.25) is 0 Å². The van der Waals surface area contributed by atoms with Gasteiger partial charge in [-0.1, -0.05) is 23.7 Å². The summed E-state index contributed by atoms with van der Waals surface area (Å²) in [6.07, 6.45) is -3.05. The van der Waals surface area contributed by atoms with Crippen molar-refractivity contribution in [1.29, 1.82) is 0 Å². The number of hydrogen-bond acceptors (Lipinski definition) is 7. The zero-order valence-electron chi connectivity index (χ0n) is 18.9. The highest BCUT2D eigenvalue weighted by Crippen LogP contribution is 2.36. The van der Waals surface area contributed by atoms with Crippen molar-refractivity contribution in [3.8, 4) is 11.3 Å². The second kappa shape index (κ2) is 9.87. The molecule has 2 fully saturated rings. The lowest BCUT2D eigenvalue weighted by molar-refractivity contribution is -0.137. The van der Waals surface area contributed by atoms with Crippen LogP contribution < -0.4 is 14.7 Å². The molecule has 2 aliphatic heterocycles. The van der Waals surface area contributed by atoms with Crippen molar-refractivity contribution in [2.45, 2.75) is 6.18 Å². The van der Waals surface area contributed by atoms with Gasteiger partial charge in [0.1, 0.15) is 11.6 Å². The molecule has 2 aliphatic rings. The Labute approximate surface area is 206 Å². The smallest absolute Gasteiger partial charge is 0.378 e. The van der Waals surface area contributed by atoms with Gasteiger partial charge in [0.25, 0.3) is 0 Å². The van der Waals surface area contributed by atoms with Crippen LogP contribution in [0.15, 0.2) is 48.7 Å². The number of halogens is 4. The molecule has 0 bridgehead atoms. The molecule has 0 spiro atoms. The predicted molar refractivity (Wildman–Crippen MR) is 129 cm³/mol. The maximum atomic E-state index is 13.5. The number of pyridine rings is 1. The molecule has 0 radical (unpaired) electrons. The van der Waals surface area contributed by atoms with Crippen LogP contribution in [0.2, 0.25) is 5.02 Å². The van der Waals surface area contributed by atoms with Crippen molar-refractivity contribution in [2.75, 3.05) is 67.2 Å². The molecule has 2 aromatic heterocycles. The zero-order valence-corrected chi connectivity index (χ0v) is 19.6. The summed E-state index contributed by atoms with van der Waals surface area (Å²) in [5.41, 5.74) is 0.962. The minimum Gasteiger partial charge on any atom is -0.378 e. The normalized spacial score (nSPS) is 17.1. The van der Waals surface area contributed by atoms with Gasteiger partial charge in [0, 0.05) is 62.1 Å². The van der Waals surface area contributed by atoms with Crippen LogP contribution in [0.3, 0.4) is 0 Å². The first-order chi connectivity index (χ1) is 16.9. The first kappa shape index (κ1) is 23.6. The summed E-state index contributed by atoms with van der Waals surface area (Å²) in [5.74, 6) is 1.32. The summed E-state index contributed by atoms with van der Waals surface area (Å²) in [7, 11) is 0. The third-order valence-electron chi connectivity index (χ3n) is 6.13. The fourth-order valence-corrected chi connectivity index (χ4v) is 4.40. The van der Waals surface area contributed by atoms with Crippen LogP contribution >= 0.6 is 11.6 Å². The number of hydrogen-bond donors (Lipinski definition) is 0. The van der Waals surface area contributed by atoms with Crippen LogP contribution in [-0.4, -0.2) is 67.4 Å². The first-order valence-electron chi connectivity index (χ1n) is 11.4. The number of benzene rings is 1. The molecule has 0 saturated carbocycles. The van der Waals surface area contributed by atoms with Crippen molar-refractivity contribution >= 4 is 29.2 Å². The third-order valence-corrected chi connectivity index (χ3v) is 6.38. The molecule has 0 aliphatic carbocycles. The van der Waals surface area contributed by atoms with E-state index in [0.29, 0.717) is 63.5 Å². The van der Waals surface area contributed by atoms with E-state index >= 15 is 0 Å². The highest BCUT2D eigenvalue weighted by molar-refractivity contribution is 6.30. The fraction of sp³-hybridized carbons (Fsp3) is 0.375. The SMILES string of the molecule is FC(F)(F)c1cccnc1N1CCN(c2cc(-c3ccc(Cl)cc3)nc(N3CCOCC3)n2)CC1. The lowest BCUT2D eigenvalue weighted by Gasteiger charge is -2.37. The van der Waals surface area contributed by atoms with Crippen LogP contribution in [0.4, 0.5) is 30.8 Å². The van der Waals surface area contributed by atoms with Gasteiger partial charge in [0.05, 0.1) is 24.5 Å². The van der Waals surface area contributed by atoms with E-state index in [1.807, 2.05) is 30.3 Å². The summed E-state index contributed by atoms with van der Waals surface area (Å²) in [6.45, 7) is 4.40. The summed E-state index contributed by atoms with van der Waals surface area (Å²) in [5, 5.41) is 0.639. The van der Waals surface area contributed by atoms with Gasteiger partial charge >= 0.3 is 6.18 Å². The molecule has 35 heavy (non-hydrogen) atoms. The van der Waals surface area contributed by atoms with Crippen molar-refractivity contribution in [3.05, 3.63) is 59.2 Å². The van der Waals surface area contributed by atoms with E-state index < -0.39 is 11.7 Å². The second-order valence-electron chi connectivity index (χ2n) is 8.36. The molecular formula is C24H24ClF3N6O. The standard InChI is InChI=1S/C24H24ClF3N6O/c25-18-5-3-17(4-6-18)20-16-21(31-23(30-20)34-12-14-35-15-13-34)32-8-10-33(11-9-32)22-19(24(26,27)28)2-1-7-29-22/h1-7,16H,8-15H2. The topological polar surface area (TPSA) is 57.6 Å². The third kappa shape index (κ3) is 5.28. The van der Waals surface area contributed by atoms with Gasteiger partial charge in [-0.15, -0.1) is 0 Å². The van der Waals surface area contributed by atoms with Gasteiger partial charge in [-0.2, -0.15) is 18.2 Å². The van der Waals surface area contributed by atoms with Gasteiger partial charge < -0.3 is 19.4 Å². The van der Waals surface area contributed by atoms with E-state index in [2.05, 4.69) is 14.8 Å². The predicted octanol–water partition coefficient (Wildman–Crippen LogP) is 4.37. The number of ether oxygens (including phenoxy) is 1. The van der Waals surface area contributed by atoms with Crippen LogP contribution in [0.5, 0.6) is 0 Å². The van der Waals surface area contributed by atoms with Gasteiger partial charge in [0.15, 0.2) is 0 Å². The van der Waals surface area contributed by atoms with E-state index in [9.17, 15) is 13.2 Å². The van der Waals surface area contributed by atoms with Crippen LogP contribution in [0.1, 0.15) is 5.56 Å². The van der Waals surface area contributed by atoms with Crippen LogP contribution in [0.25, 0.3) is 11.3 Å². The molecule has 1 aromatic carbocycles. The highest BCUT2D eigenvalue weighted by Gasteiger charge is 2.36. The molecule has 3 aromatic rings. The molecule has 0 unspecified atom stereocenters. The largest absolute Gasteiger partial charge is 0.419 e. The maximum absolute atomic E-state index is 13.5. The molecular weight excluding hydrogens is 481 g/mol. The summed E-state index contributed by atoms with van der Waals surface area (Å²) in [6, 6.07) is 11.8. The van der Waals surface area contributed by atoms with E-state index in [-0.39, 0.29) is 5.82 Å². The zero-order chi connectivity index (χ0) is 24.4. The average molecular weight is 505 g/mol. The van der Waals surface area contributed by atoms with Crippen molar-refractivity contribution in [2.24, 2.45) is 0 Å². The lowest BCUT2D eigenvalue weighted by Crippen LogP contribution is -2.48.